The van der Waals surface area contributed by atoms with Crippen molar-refractivity contribution in [2.24, 2.45) is 5.84 Å². The van der Waals surface area contributed by atoms with Gasteiger partial charge in [-0.05, 0) is 24.8 Å². The topological polar surface area (TPSA) is 38.0 Å². The van der Waals surface area contributed by atoms with Crippen LogP contribution >= 0.6 is 0 Å². The third kappa shape index (κ3) is 2.56. The molecule has 3 N–H and O–H groups in total. The SMILES string of the molecule is CCC(CC)(Cc1ccccc1)NN. The van der Waals surface area contributed by atoms with Crippen molar-refractivity contribution in [1.82, 2.24) is 5.43 Å². The lowest BCUT2D eigenvalue weighted by molar-refractivity contribution is 0.303. The van der Waals surface area contributed by atoms with Crippen molar-refractivity contribution in [3.8, 4) is 0 Å². The molecule has 0 aliphatic heterocycles. The van der Waals surface area contributed by atoms with Crippen LogP contribution in [0.1, 0.15) is 32.3 Å². The molecule has 0 amide bonds. The first-order chi connectivity index (χ1) is 6.76. The van der Waals surface area contributed by atoms with Crippen LogP contribution in [0, 0.1) is 0 Å². The standard InChI is InChI=1S/C12H20N2/c1-3-12(4-2,14-13)10-11-8-6-5-7-9-11/h5-9,14H,3-4,10,13H2,1-2H3. The third-order valence-corrected chi connectivity index (χ3v) is 3.05. The highest BCUT2D eigenvalue weighted by molar-refractivity contribution is 5.17. The van der Waals surface area contributed by atoms with Gasteiger partial charge < -0.3 is 0 Å². The van der Waals surface area contributed by atoms with E-state index in [0.717, 1.165) is 19.3 Å². The van der Waals surface area contributed by atoms with Gasteiger partial charge in [0, 0.05) is 5.54 Å². The highest BCUT2D eigenvalue weighted by atomic mass is 15.3. The Bertz CT molecular complexity index is 244. The summed E-state index contributed by atoms with van der Waals surface area (Å²) >= 11 is 0. The summed E-state index contributed by atoms with van der Waals surface area (Å²) in [5, 5.41) is 0. The summed E-state index contributed by atoms with van der Waals surface area (Å²) in [5.74, 6) is 5.63. The molecule has 0 bridgehead atoms. The normalized spacial score (nSPS) is 11.6. The fourth-order valence-corrected chi connectivity index (χ4v) is 1.74. The number of benzene rings is 1. The van der Waals surface area contributed by atoms with Crippen molar-refractivity contribution < 1.29 is 0 Å². The molecule has 1 aromatic carbocycles. The van der Waals surface area contributed by atoms with Gasteiger partial charge in [0.1, 0.15) is 0 Å². The maximum atomic E-state index is 5.63. The van der Waals surface area contributed by atoms with E-state index >= 15 is 0 Å². The van der Waals surface area contributed by atoms with E-state index in [1.54, 1.807) is 0 Å². The molecule has 2 nitrogen and oxygen atoms in total. The highest BCUT2D eigenvalue weighted by Gasteiger charge is 2.24. The summed E-state index contributed by atoms with van der Waals surface area (Å²) < 4.78 is 0. The van der Waals surface area contributed by atoms with Crippen LogP contribution in [-0.4, -0.2) is 5.54 Å². The number of nitrogens with two attached hydrogens (primary N) is 1. The van der Waals surface area contributed by atoms with Crippen molar-refractivity contribution in [2.75, 3.05) is 0 Å². The van der Waals surface area contributed by atoms with Gasteiger partial charge in [0.2, 0.25) is 0 Å². The summed E-state index contributed by atoms with van der Waals surface area (Å²) in [6.07, 6.45) is 3.10. The third-order valence-electron chi connectivity index (χ3n) is 3.05. The smallest absolute Gasteiger partial charge is 0.0356 e. The van der Waals surface area contributed by atoms with Gasteiger partial charge in [-0.2, -0.15) is 0 Å². The summed E-state index contributed by atoms with van der Waals surface area (Å²) in [6.45, 7) is 4.35. The fourth-order valence-electron chi connectivity index (χ4n) is 1.74. The van der Waals surface area contributed by atoms with Gasteiger partial charge in [-0.1, -0.05) is 44.2 Å². The van der Waals surface area contributed by atoms with Crippen molar-refractivity contribution in [1.29, 1.82) is 0 Å². The lowest BCUT2D eigenvalue weighted by Crippen LogP contribution is -2.50. The molecule has 0 aliphatic rings. The van der Waals surface area contributed by atoms with Crippen molar-refractivity contribution in [3.05, 3.63) is 35.9 Å². The van der Waals surface area contributed by atoms with Gasteiger partial charge in [-0.3, -0.25) is 11.3 Å². The quantitative estimate of drug-likeness (QED) is 0.554. The van der Waals surface area contributed by atoms with E-state index in [0.29, 0.717) is 0 Å². The van der Waals surface area contributed by atoms with Crippen LogP contribution in [0.15, 0.2) is 30.3 Å². The second-order valence-corrected chi connectivity index (χ2v) is 3.79. The summed E-state index contributed by atoms with van der Waals surface area (Å²) in [4.78, 5) is 0. The molecule has 0 aliphatic carbocycles. The molecule has 0 radical (unpaired) electrons. The van der Waals surface area contributed by atoms with Gasteiger partial charge in [-0.25, -0.2) is 0 Å². The summed E-state index contributed by atoms with van der Waals surface area (Å²) in [6, 6.07) is 10.5. The lowest BCUT2D eigenvalue weighted by Gasteiger charge is -2.31. The minimum Gasteiger partial charge on any atom is -0.271 e. The van der Waals surface area contributed by atoms with Gasteiger partial charge in [0.15, 0.2) is 0 Å². The molecule has 14 heavy (non-hydrogen) atoms. The molecule has 0 unspecified atom stereocenters. The largest absolute Gasteiger partial charge is 0.271 e. The monoisotopic (exact) mass is 192 g/mol. The average Bonchev–Trinajstić information content (AvgIpc) is 2.28. The maximum Gasteiger partial charge on any atom is 0.0356 e. The molecule has 0 fully saturated rings. The van der Waals surface area contributed by atoms with Crippen LogP contribution in [0.2, 0.25) is 0 Å². The minimum absolute atomic E-state index is 0.0569. The number of rotatable bonds is 5. The Morgan fingerprint density at radius 1 is 1.14 bits per heavy atom. The van der Waals surface area contributed by atoms with E-state index in [2.05, 4.69) is 43.5 Å². The molecular weight excluding hydrogens is 172 g/mol. The summed E-state index contributed by atoms with van der Waals surface area (Å²) in [7, 11) is 0. The molecule has 0 spiro atoms. The highest BCUT2D eigenvalue weighted by Crippen LogP contribution is 2.19. The van der Waals surface area contributed by atoms with Crippen LogP contribution in [0.25, 0.3) is 0 Å². The first kappa shape index (κ1) is 11.2. The molecule has 0 heterocycles. The number of nitrogens with one attached hydrogen (secondary N) is 1. The van der Waals surface area contributed by atoms with Crippen LogP contribution in [0.5, 0.6) is 0 Å². The first-order valence-corrected chi connectivity index (χ1v) is 5.28. The van der Waals surface area contributed by atoms with Gasteiger partial charge in [-0.15, -0.1) is 0 Å². The lowest BCUT2D eigenvalue weighted by atomic mass is 9.86. The Balaban J connectivity index is 2.74. The maximum absolute atomic E-state index is 5.63. The predicted octanol–water partition coefficient (Wildman–Crippen LogP) is 2.25. The molecule has 2 heteroatoms. The Kier molecular flexibility index (Phi) is 4.11. The zero-order valence-electron chi connectivity index (χ0n) is 9.09. The molecule has 0 saturated carbocycles. The van der Waals surface area contributed by atoms with Gasteiger partial charge in [0.05, 0.1) is 0 Å². The molecule has 78 valence electrons. The van der Waals surface area contributed by atoms with Crippen LogP contribution in [0.3, 0.4) is 0 Å². The van der Waals surface area contributed by atoms with E-state index in [-0.39, 0.29) is 5.54 Å². The van der Waals surface area contributed by atoms with E-state index in [9.17, 15) is 0 Å². The fraction of sp³-hybridized carbons (Fsp3) is 0.500. The minimum atomic E-state index is 0.0569. The van der Waals surface area contributed by atoms with Gasteiger partial charge in [0.25, 0.3) is 0 Å². The predicted molar refractivity (Wildman–Crippen MR) is 60.8 cm³/mol. The summed E-state index contributed by atoms with van der Waals surface area (Å²) in [5.41, 5.74) is 4.36. The first-order valence-electron chi connectivity index (χ1n) is 5.28. The van der Waals surface area contributed by atoms with E-state index in [4.69, 9.17) is 5.84 Å². The van der Waals surface area contributed by atoms with Crippen LogP contribution in [0.4, 0.5) is 0 Å². The Labute approximate surface area is 86.5 Å². The number of hydrogen-bond donors (Lipinski definition) is 2. The molecular formula is C12H20N2. The van der Waals surface area contributed by atoms with E-state index in [1.807, 2.05) is 6.07 Å². The van der Waals surface area contributed by atoms with Crippen LogP contribution < -0.4 is 11.3 Å². The zero-order chi connectivity index (χ0) is 10.4. The second-order valence-electron chi connectivity index (χ2n) is 3.79. The number of hydrazine groups is 1. The van der Waals surface area contributed by atoms with Gasteiger partial charge >= 0.3 is 0 Å². The Hall–Kier alpha value is -0.860. The molecule has 0 aromatic heterocycles. The van der Waals surface area contributed by atoms with Crippen molar-refractivity contribution >= 4 is 0 Å². The Morgan fingerprint density at radius 2 is 1.71 bits per heavy atom. The average molecular weight is 192 g/mol. The van der Waals surface area contributed by atoms with Crippen molar-refractivity contribution in [3.63, 3.8) is 0 Å². The van der Waals surface area contributed by atoms with Crippen LogP contribution in [-0.2, 0) is 6.42 Å². The number of hydrogen-bond acceptors (Lipinski definition) is 2. The zero-order valence-corrected chi connectivity index (χ0v) is 9.09. The Morgan fingerprint density at radius 3 is 2.14 bits per heavy atom. The van der Waals surface area contributed by atoms with Crippen molar-refractivity contribution in [2.45, 2.75) is 38.6 Å². The molecule has 1 aromatic rings. The van der Waals surface area contributed by atoms with E-state index < -0.39 is 0 Å². The molecule has 0 saturated heterocycles. The van der Waals surface area contributed by atoms with E-state index in [1.165, 1.54) is 5.56 Å². The molecule has 0 atom stereocenters. The molecule has 1 rings (SSSR count). The second kappa shape index (κ2) is 5.13.